The maximum Gasteiger partial charge on any atom is 0.240 e. The smallest absolute Gasteiger partial charge is 0.240 e. The number of carbonyl (C=O) groups excluding carboxylic acids is 10. The van der Waals surface area contributed by atoms with E-state index in [4.69, 9.17) is 31.3 Å². The van der Waals surface area contributed by atoms with E-state index in [1.807, 2.05) is 123 Å². The van der Waals surface area contributed by atoms with Gasteiger partial charge in [-0.2, -0.15) is 39.9 Å². The summed E-state index contributed by atoms with van der Waals surface area (Å²) in [6.07, 6.45) is 13.9. The van der Waals surface area contributed by atoms with Gasteiger partial charge in [-0.05, 0) is 164 Å². The zero-order chi connectivity index (χ0) is 72.2. The van der Waals surface area contributed by atoms with E-state index in [2.05, 4.69) is 60.9 Å². The highest BCUT2D eigenvalue weighted by atomic mass is 79.9. The van der Waals surface area contributed by atoms with Gasteiger partial charge in [0.25, 0.3) is 0 Å². The molecule has 0 aliphatic carbocycles. The lowest BCUT2D eigenvalue weighted by Gasteiger charge is -1.98. The van der Waals surface area contributed by atoms with Crippen molar-refractivity contribution in [2.75, 3.05) is 14.2 Å². The predicted octanol–water partition coefficient (Wildman–Crippen LogP) is 18.0. The summed E-state index contributed by atoms with van der Waals surface area (Å²) in [5.74, 6) is 1.08. The highest BCUT2D eigenvalue weighted by molar-refractivity contribution is 9.10. The first-order chi connectivity index (χ1) is 47.6. The molecule has 0 fully saturated rings. The number of isocyanates is 10. The molecule has 0 amide bonds. The molecule has 0 spiro atoms. The maximum absolute atomic E-state index is 12.2. The summed E-state index contributed by atoms with van der Waals surface area (Å²) in [6, 6.07) is 70.6. The first kappa shape index (κ1) is 82.6. The van der Waals surface area contributed by atoms with Crippen molar-refractivity contribution in [1.82, 2.24) is 0 Å². The third-order valence-corrected chi connectivity index (χ3v) is 11.7. The molecular weight excluding hydrogens is 1340 g/mol. The van der Waals surface area contributed by atoms with Crippen LogP contribution in [-0.4, -0.2) is 75.0 Å². The van der Waals surface area contributed by atoms with Crippen molar-refractivity contribution in [3.63, 3.8) is 0 Å². The monoisotopic (exact) mass is 1400 g/mol. The molecule has 22 nitrogen and oxygen atoms in total. The molecule has 10 aromatic carbocycles. The SMILES string of the molecule is COc1ccc(N=C=O)cc1.COc1cccc(N=C=O)c1.Cc1ccc(N=C=O)cc1.Cc1cccc(N=C=O)c1.N=C=O.O=C=NCc1ccccc1.O=C=Nc1ccc(Br)cc1.O=C=Nc1ccc(F)cc1.O=C=Nc1cccc(Cl)c1.O=C=Nc1cccc2ccccc12. The zero-order valence-electron chi connectivity index (χ0n) is 52.4. The average Bonchev–Trinajstić information content (AvgIpc) is 0.839. The minimum Gasteiger partial charge on any atom is -0.497 e. The Labute approximate surface area is 574 Å². The molecule has 10 rings (SSSR count). The number of fused-ring (bicyclic) bond motifs is 1. The number of halogens is 3. The Morgan fingerprint density at radius 2 is 0.786 bits per heavy atom. The summed E-state index contributed by atoms with van der Waals surface area (Å²) >= 11 is 8.85. The molecule has 1 N–H and O–H groups in total. The lowest BCUT2D eigenvalue weighted by Crippen LogP contribution is -1.79. The van der Waals surface area contributed by atoms with Gasteiger partial charge in [0.1, 0.15) is 17.3 Å². The number of hydrogen-bond acceptors (Lipinski definition) is 22. The Balaban J connectivity index is 0.000000549. The highest BCUT2D eigenvalue weighted by Gasteiger charge is 1.98. The number of nitrogens with one attached hydrogen (secondary N) is 1. The second-order valence-electron chi connectivity index (χ2n) is 17.6. The summed E-state index contributed by atoms with van der Waals surface area (Å²) < 4.78 is 23.0. The van der Waals surface area contributed by atoms with Crippen molar-refractivity contribution >= 4 is 145 Å². The van der Waals surface area contributed by atoms with E-state index in [0.29, 0.717) is 62.8 Å². The Hall–Kier alpha value is -13.4. The first-order valence-corrected chi connectivity index (χ1v) is 28.7. The fourth-order valence-corrected chi connectivity index (χ4v) is 7.11. The largest absolute Gasteiger partial charge is 0.497 e. The molecule has 98 heavy (non-hydrogen) atoms. The van der Waals surface area contributed by atoms with E-state index in [0.717, 1.165) is 43.8 Å². The summed E-state index contributed by atoms with van der Waals surface area (Å²) in [7, 11) is 3.14. The molecule has 25 heteroatoms. The van der Waals surface area contributed by atoms with Crippen LogP contribution in [0.15, 0.2) is 292 Å². The molecule has 10 aromatic rings. The van der Waals surface area contributed by atoms with Crippen molar-refractivity contribution < 1.29 is 61.8 Å². The van der Waals surface area contributed by atoms with Crippen LogP contribution in [0.2, 0.25) is 5.02 Å². The molecule has 0 aliphatic rings. The van der Waals surface area contributed by atoms with E-state index in [-0.39, 0.29) is 5.82 Å². The van der Waals surface area contributed by atoms with Crippen LogP contribution in [0.1, 0.15) is 16.7 Å². The van der Waals surface area contributed by atoms with Crippen LogP contribution in [0.4, 0.5) is 49.9 Å². The molecular formula is C73H55BrClFN10O12. The maximum atomic E-state index is 12.2. The van der Waals surface area contributed by atoms with Gasteiger partial charge in [-0.25, -0.2) is 62.7 Å². The zero-order valence-corrected chi connectivity index (χ0v) is 54.7. The molecule has 0 saturated heterocycles. The van der Waals surface area contributed by atoms with Gasteiger partial charge < -0.3 is 9.47 Å². The fraction of sp³-hybridized carbons (Fsp3) is 0.0685. The van der Waals surface area contributed by atoms with Crippen molar-refractivity contribution in [1.29, 1.82) is 5.41 Å². The van der Waals surface area contributed by atoms with E-state index in [1.165, 1.54) is 72.9 Å². The van der Waals surface area contributed by atoms with E-state index < -0.39 is 0 Å². The number of hydrogen-bond donors (Lipinski definition) is 1. The quantitative estimate of drug-likeness (QED) is 0.0881. The number of benzene rings is 10. The van der Waals surface area contributed by atoms with Gasteiger partial charge in [0.15, 0.2) is 0 Å². The summed E-state index contributed by atoms with van der Waals surface area (Å²) in [4.78, 5) is 127. The Morgan fingerprint density at radius 3 is 1.26 bits per heavy atom. The number of aryl methyl sites for hydroxylation is 2. The minimum absolute atomic E-state index is 0.343. The predicted molar refractivity (Wildman–Crippen MR) is 373 cm³/mol. The normalized spacial score (nSPS) is 8.44. The van der Waals surface area contributed by atoms with Crippen molar-refractivity contribution in [2.24, 2.45) is 44.9 Å². The number of aliphatic imine (C=N–C) groups is 9. The second-order valence-corrected chi connectivity index (χ2v) is 19.0. The van der Waals surface area contributed by atoms with Crippen LogP contribution >= 0.6 is 27.5 Å². The first-order valence-electron chi connectivity index (χ1n) is 27.5. The van der Waals surface area contributed by atoms with Crippen molar-refractivity contribution in [3.05, 3.63) is 275 Å². The topological polar surface area (TPSA) is 324 Å². The van der Waals surface area contributed by atoms with Crippen LogP contribution in [0.3, 0.4) is 0 Å². The molecule has 0 saturated carbocycles. The van der Waals surface area contributed by atoms with Crippen LogP contribution in [0, 0.1) is 25.1 Å². The van der Waals surface area contributed by atoms with Gasteiger partial charge in [-0.15, -0.1) is 0 Å². The Morgan fingerprint density at radius 1 is 0.388 bits per heavy atom. The number of nitrogens with zero attached hydrogens (tertiary/aromatic N) is 9. The molecule has 0 unspecified atom stereocenters. The van der Waals surface area contributed by atoms with Gasteiger partial charge in [-0.1, -0.05) is 136 Å². The third kappa shape index (κ3) is 39.7. The highest BCUT2D eigenvalue weighted by Crippen LogP contribution is 2.25. The van der Waals surface area contributed by atoms with Crippen LogP contribution in [0.25, 0.3) is 10.8 Å². The molecule has 0 atom stereocenters. The number of ether oxygens (including phenoxy) is 2. The second kappa shape index (κ2) is 54.1. The molecule has 0 aromatic heterocycles. The lowest BCUT2D eigenvalue weighted by atomic mass is 10.1. The molecule has 0 bridgehead atoms. The van der Waals surface area contributed by atoms with E-state index in [1.54, 1.807) is 129 Å². The van der Waals surface area contributed by atoms with Crippen molar-refractivity contribution in [2.45, 2.75) is 20.4 Å². The van der Waals surface area contributed by atoms with Gasteiger partial charge in [0, 0.05) is 20.9 Å². The third-order valence-electron chi connectivity index (χ3n) is 10.9. The van der Waals surface area contributed by atoms with E-state index in [9.17, 15) is 47.5 Å². The Kier molecular flexibility index (Phi) is 45.6. The van der Waals surface area contributed by atoms with Crippen molar-refractivity contribution in [3.8, 4) is 11.5 Å². The van der Waals surface area contributed by atoms with Crippen LogP contribution in [-0.2, 0) is 54.5 Å². The number of methoxy groups -OCH3 is 2. The number of rotatable bonds is 12. The molecule has 0 aliphatic heterocycles. The van der Waals surface area contributed by atoms with Crippen LogP contribution in [0.5, 0.6) is 11.5 Å². The fourth-order valence-electron chi connectivity index (χ4n) is 6.66. The molecule has 0 heterocycles. The standard InChI is InChI=1S/C11H7NO.2C8H7NO2.3C8H7NO.C7H4BrNO.C7H4ClNO.C7H4FNO.CHNO/c13-8-12-11-7-3-5-9-4-1-2-6-10(9)11;1-11-8-4-2-7(3-5-8)9-6-10;1-11-8-4-2-3-7(5-8)9-6-10;1-7-2-4-8(5-3-7)9-6-10;1-7-3-2-4-8(5-7)9-6-10;10-7-9-6-8-4-2-1-3-5-8;8-6-1-3-7(4-2-6)9-5-10;8-6-2-1-3-7(4-6)9-5-10;8-6-1-3-7(4-2-6)9-5-10;2-1-3/h1-7H;2*2-5H,1H3;2*2-5H,1H3;1-5H,6H2;3*1-4H;2H. The summed E-state index contributed by atoms with van der Waals surface area (Å²) in [5.41, 5.74) is 7.98. The lowest BCUT2D eigenvalue weighted by molar-refractivity contribution is 0.415. The van der Waals surface area contributed by atoms with Crippen LogP contribution < -0.4 is 9.47 Å². The summed E-state index contributed by atoms with van der Waals surface area (Å²) in [5, 5.41) is 8.03. The average molecular weight is 1400 g/mol. The van der Waals surface area contributed by atoms with E-state index >= 15 is 0 Å². The van der Waals surface area contributed by atoms with Gasteiger partial charge in [-0.3, -0.25) is 0 Å². The van der Waals surface area contributed by atoms with Gasteiger partial charge >= 0.3 is 0 Å². The minimum atomic E-state index is -0.343. The summed E-state index contributed by atoms with van der Waals surface area (Å²) in [6.45, 7) is 4.36. The molecule has 0 radical (unpaired) electrons. The molecule has 490 valence electrons. The van der Waals surface area contributed by atoms with Gasteiger partial charge in [0.05, 0.1) is 66.3 Å². The Bertz CT molecular complexity index is 4330. The van der Waals surface area contributed by atoms with Gasteiger partial charge in [0.2, 0.25) is 60.8 Å².